The first-order valence-electron chi connectivity index (χ1n) is 4.30. The highest BCUT2D eigenvalue weighted by Gasteiger charge is 2.04. The SMILES string of the molecule is CCC(=O)OOc1ccc(O)cc1C. The Morgan fingerprint density at radius 2 is 2.21 bits per heavy atom. The van der Waals surface area contributed by atoms with Crippen LogP contribution in [0.5, 0.6) is 11.5 Å². The molecule has 76 valence electrons. The summed E-state index contributed by atoms with van der Waals surface area (Å²) in [6, 6.07) is 4.52. The molecule has 0 saturated heterocycles. The van der Waals surface area contributed by atoms with Crippen LogP contribution in [0.1, 0.15) is 18.9 Å². The van der Waals surface area contributed by atoms with Gasteiger partial charge in [-0.2, -0.15) is 0 Å². The Morgan fingerprint density at radius 3 is 2.79 bits per heavy atom. The molecule has 0 amide bonds. The fraction of sp³-hybridized carbons (Fsp3) is 0.300. The molecule has 4 nitrogen and oxygen atoms in total. The van der Waals surface area contributed by atoms with Crippen LogP contribution in [0.15, 0.2) is 18.2 Å². The second-order valence-corrected chi connectivity index (χ2v) is 2.84. The van der Waals surface area contributed by atoms with Gasteiger partial charge in [0.1, 0.15) is 5.75 Å². The number of hydrogen-bond donors (Lipinski definition) is 1. The van der Waals surface area contributed by atoms with Crippen LogP contribution in [0.2, 0.25) is 0 Å². The van der Waals surface area contributed by atoms with E-state index in [0.29, 0.717) is 11.3 Å². The summed E-state index contributed by atoms with van der Waals surface area (Å²) in [5.74, 6) is 0.138. The van der Waals surface area contributed by atoms with Crippen molar-refractivity contribution >= 4 is 5.97 Å². The molecule has 0 heterocycles. The summed E-state index contributed by atoms with van der Waals surface area (Å²) in [6.07, 6.45) is 0.261. The van der Waals surface area contributed by atoms with E-state index in [1.54, 1.807) is 13.8 Å². The van der Waals surface area contributed by atoms with Crippen LogP contribution in [0.3, 0.4) is 0 Å². The molecule has 1 rings (SSSR count). The van der Waals surface area contributed by atoms with Gasteiger partial charge >= 0.3 is 5.97 Å². The number of phenolic OH excluding ortho intramolecular Hbond substituents is 1. The third kappa shape index (κ3) is 2.65. The first-order chi connectivity index (χ1) is 6.63. The fourth-order valence-corrected chi connectivity index (χ4v) is 0.877. The molecular weight excluding hydrogens is 184 g/mol. The molecule has 1 aromatic carbocycles. The zero-order chi connectivity index (χ0) is 10.6. The van der Waals surface area contributed by atoms with Crippen LogP contribution >= 0.6 is 0 Å². The summed E-state index contributed by atoms with van der Waals surface area (Å²) in [4.78, 5) is 20.0. The zero-order valence-corrected chi connectivity index (χ0v) is 8.11. The van der Waals surface area contributed by atoms with Crippen molar-refractivity contribution in [2.45, 2.75) is 20.3 Å². The summed E-state index contributed by atoms with van der Waals surface area (Å²) < 4.78 is 0. The van der Waals surface area contributed by atoms with E-state index in [1.165, 1.54) is 18.2 Å². The van der Waals surface area contributed by atoms with E-state index in [4.69, 9.17) is 9.99 Å². The van der Waals surface area contributed by atoms with Gasteiger partial charge in [0, 0.05) is 6.42 Å². The minimum absolute atomic E-state index is 0.150. The normalized spacial score (nSPS) is 9.57. The van der Waals surface area contributed by atoms with Gasteiger partial charge in [0.05, 0.1) is 0 Å². The fourth-order valence-electron chi connectivity index (χ4n) is 0.877. The van der Waals surface area contributed by atoms with Gasteiger partial charge in [-0.15, -0.1) is 0 Å². The van der Waals surface area contributed by atoms with Crippen molar-refractivity contribution in [3.63, 3.8) is 0 Å². The van der Waals surface area contributed by atoms with Crippen LogP contribution in [0.4, 0.5) is 0 Å². The van der Waals surface area contributed by atoms with E-state index in [9.17, 15) is 4.79 Å². The van der Waals surface area contributed by atoms with Crippen molar-refractivity contribution in [2.24, 2.45) is 0 Å². The average molecular weight is 196 g/mol. The van der Waals surface area contributed by atoms with Crippen molar-refractivity contribution in [3.05, 3.63) is 23.8 Å². The summed E-state index contributed by atoms with van der Waals surface area (Å²) in [6.45, 7) is 3.42. The number of phenols is 1. The lowest BCUT2D eigenvalue weighted by Gasteiger charge is -2.05. The Balaban J connectivity index is 2.63. The molecule has 0 saturated carbocycles. The van der Waals surface area contributed by atoms with Gasteiger partial charge in [0.2, 0.25) is 0 Å². The number of rotatable bonds is 3. The van der Waals surface area contributed by atoms with Crippen molar-refractivity contribution in [1.29, 1.82) is 0 Å². The summed E-state index contributed by atoms with van der Waals surface area (Å²) >= 11 is 0. The largest absolute Gasteiger partial charge is 0.508 e. The lowest BCUT2D eigenvalue weighted by Crippen LogP contribution is -2.06. The van der Waals surface area contributed by atoms with E-state index >= 15 is 0 Å². The van der Waals surface area contributed by atoms with Crippen LogP contribution < -0.4 is 4.89 Å². The maximum absolute atomic E-state index is 10.8. The van der Waals surface area contributed by atoms with Gasteiger partial charge in [0.25, 0.3) is 0 Å². The molecule has 0 aliphatic carbocycles. The van der Waals surface area contributed by atoms with Crippen molar-refractivity contribution in [2.75, 3.05) is 0 Å². The predicted molar refractivity (Wildman–Crippen MR) is 49.9 cm³/mol. The van der Waals surface area contributed by atoms with E-state index in [1.807, 2.05) is 0 Å². The number of hydrogen-bond acceptors (Lipinski definition) is 4. The molecule has 14 heavy (non-hydrogen) atoms. The molecule has 4 heteroatoms. The van der Waals surface area contributed by atoms with E-state index < -0.39 is 5.97 Å². The molecule has 0 atom stereocenters. The summed E-state index contributed by atoms with van der Waals surface area (Å²) in [7, 11) is 0. The van der Waals surface area contributed by atoms with Crippen molar-refractivity contribution < 1.29 is 19.7 Å². The molecule has 1 N–H and O–H groups in total. The molecule has 0 aromatic heterocycles. The first-order valence-corrected chi connectivity index (χ1v) is 4.30. The molecule has 0 radical (unpaired) electrons. The third-order valence-corrected chi connectivity index (χ3v) is 1.67. The Morgan fingerprint density at radius 1 is 1.50 bits per heavy atom. The van der Waals surface area contributed by atoms with E-state index in [0.717, 1.165) is 0 Å². The Kier molecular flexibility index (Phi) is 3.34. The smallest absolute Gasteiger partial charge is 0.355 e. The van der Waals surface area contributed by atoms with Crippen LogP contribution in [-0.4, -0.2) is 11.1 Å². The van der Waals surface area contributed by atoms with Crippen LogP contribution in [-0.2, 0) is 9.68 Å². The number of benzene rings is 1. The van der Waals surface area contributed by atoms with Crippen molar-refractivity contribution in [3.8, 4) is 11.5 Å². The first kappa shape index (κ1) is 10.4. The second kappa shape index (κ2) is 4.50. The lowest BCUT2D eigenvalue weighted by molar-refractivity contribution is -0.213. The highest BCUT2D eigenvalue weighted by molar-refractivity contribution is 5.68. The van der Waals surface area contributed by atoms with Gasteiger partial charge in [-0.1, -0.05) is 6.92 Å². The monoisotopic (exact) mass is 196 g/mol. The van der Waals surface area contributed by atoms with Gasteiger partial charge in [-0.05, 0) is 30.7 Å². The zero-order valence-electron chi connectivity index (χ0n) is 8.11. The molecule has 0 aliphatic rings. The number of carbonyl (C=O) groups excluding carboxylic acids is 1. The number of aromatic hydroxyl groups is 1. The third-order valence-electron chi connectivity index (χ3n) is 1.67. The molecule has 0 bridgehead atoms. The highest BCUT2D eigenvalue weighted by Crippen LogP contribution is 2.22. The molecule has 0 spiro atoms. The molecular formula is C10H12O4. The molecule has 1 aromatic rings. The van der Waals surface area contributed by atoms with Gasteiger partial charge < -0.3 is 5.11 Å². The topological polar surface area (TPSA) is 55.8 Å². The Labute approximate surface area is 82.0 Å². The van der Waals surface area contributed by atoms with Gasteiger partial charge in [0.15, 0.2) is 5.75 Å². The van der Waals surface area contributed by atoms with E-state index in [2.05, 4.69) is 4.89 Å². The quantitative estimate of drug-likeness (QED) is 0.593. The number of carbonyl (C=O) groups is 1. The maximum atomic E-state index is 10.8. The van der Waals surface area contributed by atoms with Crippen LogP contribution in [0.25, 0.3) is 0 Å². The minimum Gasteiger partial charge on any atom is -0.508 e. The van der Waals surface area contributed by atoms with Gasteiger partial charge in [-0.3, -0.25) is 9.78 Å². The van der Waals surface area contributed by atoms with Gasteiger partial charge in [-0.25, -0.2) is 4.79 Å². The average Bonchev–Trinajstić information content (AvgIpc) is 2.16. The van der Waals surface area contributed by atoms with Crippen molar-refractivity contribution in [1.82, 2.24) is 0 Å². The molecule has 0 fully saturated rings. The summed E-state index contributed by atoms with van der Waals surface area (Å²) in [5, 5.41) is 9.10. The predicted octanol–water partition coefficient (Wildman–Crippen LogP) is 1.95. The Hall–Kier alpha value is -1.71. The Bertz CT molecular complexity index is 333. The number of aryl methyl sites for hydroxylation is 1. The van der Waals surface area contributed by atoms with Crippen LogP contribution in [0, 0.1) is 6.92 Å². The minimum atomic E-state index is -0.433. The maximum Gasteiger partial charge on any atom is 0.355 e. The highest BCUT2D eigenvalue weighted by atomic mass is 17.2. The second-order valence-electron chi connectivity index (χ2n) is 2.84. The van der Waals surface area contributed by atoms with E-state index in [-0.39, 0.29) is 12.2 Å². The summed E-state index contributed by atoms with van der Waals surface area (Å²) in [5.41, 5.74) is 0.703. The lowest BCUT2D eigenvalue weighted by atomic mass is 10.2. The standard InChI is InChI=1S/C10H12O4/c1-3-10(12)14-13-9-5-4-8(11)6-7(9)2/h4-6,11H,3H2,1-2H3. The molecule has 0 unspecified atom stereocenters. The molecule has 0 aliphatic heterocycles.